The maximum Gasteiger partial charge on any atom is 0.408 e. The fourth-order valence-corrected chi connectivity index (χ4v) is 1.88. The number of ether oxygens (including phenoxy) is 1. The number of rotatable bonds is 4. The number of benzene rings is 1. The normalized spacial score (nSPS) is 12.2. The number of carbonyl (C=O) groups excluding carboxylic acids is 1. The Morgan fingerprint density at radius 1 is 1.32 bits per heavy atom. The first kappa shape index (κ1) is 19.0. The average Bonchev–Trinajstić information content (AvgIpc) is 2.40. The van der Waals surface area contributed by atoms with Crippen molar-refractivity contribution in [3.05, 3.63) is 30.1 Å². The fourth-order valence-electron chi connectivity index (χ4n) is 1.32. The Bertz CT molecular complexity index is 525. The molecular weight excluding hydrogens is 376 g/mol. The summed E-state index contributed by atoms with van der Waals surface area (Å²) in [7, 11) is 0. The molecule has 0 saturated carbocycles. The number of hydrogen-bond acceptors (Lipinski definition) is 3. The van der Waals surface area contributed by atoms with Crippen molar-refractivity contribution in [3.63, 3.8) is 0 Å². The van der Waals surface area contributed by atoms with Crippen molar-refractivity contribution in [2.75, 3.05) is 11.9 Å². The molecule has 0 aromatic heterocycles. The minimum absolute atomic E-state index is 0.0692. The third-order valence-corrected chi connectivity index (χ3v) is 3.12. The Balaban J connectivity index is 2.66. The number of halogens is 4. The van der Waals surface area contributed by atoms with E-state index < -0.39 is 16.1 Å². The van der Waals surface area contributed by atoms with Crippen LogP contribution in [0.15, 0.2) is 24.3 Å². The van der Waals surface area contributed by atoms with Gasteiger partial charge < -0.3 is 15.4 Å². The van der Waals surface area contributed by atoms with Crippen molar-refractivity contribution in [3.8, 4) is 0 Å². The number of alkyl carbamates (subject to hydrolysis) is 1. The van der Waals surface area contributed by atoms with Gasteiger partial charge in [-0.15, -0.1) is 0 Å². The number of amides is 1. The molecule has 1 amide bonds. The monoisotopic (exact) mass is 387 g/mol. The van der Waals surface area contributed by atoms with E-state index in [2.05, 4.69) is 16.0 Å². The van der Waals surface area contributed by atoms with E-state index in [4.69, 9.17) is 51.8 Å². The van der Waals surface area contributed by atoms with Gasteiger partial charge in [0.25, 0.3) is 0 Å². The lowest BCUT2D eigenvalue weighted by Crippen LogP contribution is -2.56. The summed E-state index contributed by atoms with van der Waals surface area (Å²) in [5.74, 6) is -0.382. The molecule has 22 heavy (non-hydrogen) atoms. The molecule has 1 rings (SSSR count). The maximum absolute atomic E-state index is 12.8. The van der Waals surface area contributed by atoms with Gasteiger partial charge >= 0.3 is 6.09 Å². The molecule has 3 N–H and O–H groups in total. The second kappa shape index (κ2) is 8.57. The molecular formula is C12H13Cl3FN3O2S. The third-order valence-electron chi connectivity index (χ3n) is 2.24. The van der Waals surface area contributed by atoms with E-state index in [0.717, 1.165) is 0 Å². The molecule has 0 saturated heterocycles. The minimum Gasteiger partial charge on any atom is -0.450 e. The van der Waals surface area contributed by atoms with Crippen molar-refractivity contribution in [2.45, 2.75) is 16.9 Å². The van der Waals surface area contributed by atoms with Crippen LogP contribution in [0.3, 0.4) is 0 Å². The van der Waals surface area contributed by atoms with Crippen LogP contribution in [0.1, 0.15) is 6.92 Å². The summed E-state index contributed by atoms with van der Waals surface area (Å²) >= 11 is 22.4. The molecule has 0 aliphatic rings. The molecule has 0 unspecified atom stereocenters. The van der Waals surface area contributed by atoms with E-state index in [9.17, 15) is 9.18 Å². The predicted octanol–water partition coefficient (Wildman–Crippen LogP) is 3.55. The Morgan fingerprint density at radius 3 is 2.41 bits per heavy atom. The zero-order chi connectivity index (χ0) is 16.8. The molecule has 0 bridgehead atoms. The van der Waals surface area contributed by atoms with Gasteiger partial charge in [0, 0.05) is 5.69 Å². The highest BCUT2D eigenvalue weighted by Gasteiger charge is 2.35. The number of carbonyl (C=O) groups is 1. The van der Waals surface area contributed by atoms with Crippen LogP contribution in [-0.2, 0) is 4.74 Å². The van der Waals surface area contributed by atoms with Crippen LogP contribution in [-0.4, -0.2) is 27.8 Å². The fraction of sp³-hybridized carbons (Fsp3) is 0.333. The molecule has 0 fully saturated rings. The molecule has 122 valence electrons. The van der Waals surface area contributed by atoms with Crippen LogP contribution >= 0.6 is 47.0 Å². The Morgan fingerprint density at radius 2 is 1.91 bits per heavy atom. The topological polar surface area (TPSA) is 62.4 Å². The van der Waals surface area contributed by atoms with Gasteiger partial charge in [-0.1, -0.05) is 34.8 Å². The van der Waals surface area contributed by atoms with E-state index in [-0.39, 0.29) is 17.5 Å². The summed E-state index contributed by atoms with van der Waals surface area (Å²) in [6.07, 6.45) is -1.90. The van der Waals surface area contributed by atoms with Gasteiger partial charge in [0.15, 0.2) is 11.3 Å². The van der Waals surface area contributed by atoms with Crippen LogP contribution in [0, 0.1) is 5.82 Å². The smallest absolute Gasteiger partial charge is 0.408 e. The van der Waals surface area contributed by atoms with Gasteiger partial charge in [0.2, 0.25) is 3.79 Å². The highest BCUT2D eigenvalue weighted by molar-refractivity contribution is 7.80. The molecule has 5 nitrogen and oxygen atoms in total. The molecule has 0 heterocycles. The zero-order valence-corrected chi connectivity index (χ0v) is 14.4. The van der Waals surface area contributed by atoms with Gasteiger partial charge in [0.1, 0.15) is 5.82 Å². The van der Waals surface area contributed by atoms with Gasteiger partial charge in [-0.3, -0.25) is 5.32 Å². The Labute approximate surface area is 147 Å². The molecule has 1 aromatic carbocycles. The predicted molar refractivity (Wildman–Crippen MR) is 90.0 cm³/mol. The second-order valence-electron chi connectivity index (χ2n) is 3.94. The quantitative estimate of drug-likeness (QED) is 0.418. The maximum atomic E-state index is 12.8. The highest BCUT2D eigenvalue weighted by atomic mass is 35.6. The standard InChI is InChI=1S/C12H13Cl3FN3O2S/c1-2-21-11(20)19-9(12(13,14)15)18-10(22)17-8-5-3-7(16)4-6-8/h3-6,9H,2H2,1H3,(H,19,20)(H2,17,18,22)/t9-/m1/s1. The van der Waals surface area contributed by atoms with Crippen molar-refractivity contribution in [1.82, 2.24) is 10.6 Å². The lowest BCUT2D eigenvalue weighted by atomic mass is 10.3. The first-order valence-electron chi connectivity index (χ1n) is 6.05. The second-order valence-corrected chi connectivity index (χ2v) is 6.72. The van der Waals surface area contributed by atoms with Crippen molar-refractivity contribution >= 4 is 63.9 Å². The molecule has 0 radical (unpaired) electrons. The van der Waals surface area contributed by atoms with Crippen LogP contribution in [0.2, 0.25) is 0 Å². The summed E-state index contributed by atoms with van der Waals surface area (Å²) in [4.78, 5) is 11.4. The SMILES string of the molecule is CCOC(=O)N[C@@H](NC(=S)Nc1ccc(F)cc1)C(Cl)(Cl)Cl. The van der Waals surface area contributed by atoms with Crippen molar-refractivity contribution in [1.29, 1.82) is 0 Å². The third kappa shape index (κ3) is 6.83. The summed E-state index contributed by atoms with van der Waals surface area (Å²) < 4.78 is 15.7. The van der Waals surface area contributed by atoms with E-state index >= 15 is 0 Å². The number of alkyl halides is 3. The molecule has 0 spiro atoms. The van der Waals surface area contributed by atoms with Crippen LogP contribution in [0.25, 0.3) is 0 Å². The number of nitrogens with one attached hydrogen (secondary N) is 3. The van der Waals surface area contributed by atoms with Gasteiger partial charge in [-0.25, -0.2) is 9.18 Å². The molecule has 0 aliphatic carbocycles. The van der Waals surface area contributed by atoms with Crippen molar-refractivity contribution in [2.24, 2.45) is 0 Å². The van der Waals surface area contributed by atoms with Gasteiger partial charge in [-0.2, -0.15) is 0 Å². The first-order valence-corrected chi connectivity index (χ1v) is 7.59. The lowest BCUT2D eigenvalue weighted by Gasteiger charge is -2.27. The van der Waals surface area contributed by atoms with E-state index in [1.165, 1.54) is 24.3 Å². The summed E-state index contributed by atoms with van der Waals surface area (Å²) in [5, 5.41) is 7.79. The highest BCUT2D eigenvalue weighted by Crippen LogP contribution is 2.29. The summed E-state index contributed by atoms with van der Waals surface area (Å²) in [6, 6.07) is 5.47. The first-order chi connectivity index (χ1) is 10.2. The van der Waals surface area contributed by atoms with Crippen LogP contribution < -0.4 is 16.0 Å². The largest absolute Gasteiger partial charge is 0.450 e. The minimum atomic E-state index is -1.87. The van der Waals surface area contributed by atoms with Gasteiger partial charge in [0.05, 0.1) is 6.61 Å². The number of hydrogen-bond donors (Lipinski definition) is 3. The number of anilines is 1. The van der Waals surface area contributed by atoms with E-state index in [1.54, 1.807) is 6.92 Å². The Hall–Kier alpha value is -1.02. The molecule has 1 atom stereocenters. The Kier molecular flexibility index (Phi) is 7.41. The number of thiocarbonyl (C=S) groups is 1. The average molecular weight is 389 g/mol. The van der Waals surface area contributed by atoms with Gasteiger partial charge in [-0.05, 0) is 43.4 Å². The summed E-state index contributed by atoms with van der Waals surface area (Å²) in [6.45, 7) is 1.80. The van der Waals surface area contributed by atoms with Crippen LogP contribution in [0.5, 0.6) is 0 Å². The van der Waals surface area contributed by atoms with E-state index in [1.807, 2.05) is 0 Å². The lowest BCUT2D eigenvalue weighted by molar-refractivity contribution is 0.147. The van der Waals surface area contributed by atoms with Crippen LogP contribution in [0.4, 0.5) is 14.9 Å². The van der Waals surface area contributed by atoms with Crippen molar-refractivity contribution < 1.29 is 13.9 Å². The zero-order valence-electron chi connectivity index (χ0n) is 11.3. The van der Waals surface area contributed by atoms with E-state index in [0.29, 0.717) is 5.69 Å². The summed E-state index contributed by atoms with van der Waals surface area (Å²) in [5.41, 5.74) is 0.526. The molecule has 0 aliphatic heterocycles. The molecule has 10 heteroatoms. The molecule has 1 aromatic rings.